The van der Waals surface area contributed by atoms with Gasteiger partial charge in [-0.2, -0.15) is 16.8 Å². The second-order valence-electron chi connectivity index (χ2n) is 12.4. The lowest BCUT2D eigenvalue weighted by atomic mass is 10.1. The van der Waals surface area contributed by atoms with Gasteiger partial charge in [-0.05, 0) is 68.0 Å². The number of rotatable bonds is 14. The third-order valence-corrected chi connectivity index (χ3v) is 13.5. The van der Waals surface area contributed by atoms with Crippen molar-refractivity contribution in [2.45, 2.75) is 51.3 Å². The maximum absolute atomic E-state index is 14.6. The van der Waals surface area contributed by atoms with Gasteiger partial charge in [-0.1, -0.05) is 60.3 Å². The van der Waals surface area contributed by atoms with Crippen LogP contribution in [0.5, 0.6) is 5.75 Å². The van der Waals surface area contributed by atoms with Crippen LogP contribution in [0.2, 0.25) is 0 Å². The smallest absolute Gasteiger partial charge is 0.283 e. The minimum absolute atomic E-state index is 0.282. The first-order chi connectivity index (χ1) is 25.7. The fourth-order valence-corrected chi connectivity index (χ4v) is 11.7. The molecule has 6 rings (SSSR count). The van der Waals surface area contributed by atoms with Crippen molar-refractivity contribution in [1.82, 2.24) is 4.57 Å². The largest absolute Gasteiger partial charge is 0.494 e. The monoisotopic (exact) mass is 828 g/mol. The van der Waals surface area contributed by atoms with Crippen LogP contribution in [-0.4, -0.2) is 56.2 Å². The Labute approximate surface area is 326 Å². The quantitative estimate of drug-likeness (QED) is 0.0950. The standard InChI is InChI=1S/C38H40N2O9S5/c1-5-39-37(41)36(52-38(39)27(17-18-48-6-2)35-29(22-53(42,43)44)26-15-11-12-16-32(26)51-35)28(25-13-9-8-10-14-25)20-34-40(23-54(45,46)47)30-21-31(49-7-3)24(4)19-33(30)50-34/h8-16,19-21H,5-7,17-18,22-23H2,1-4H3,(H,42,43,44)(H,45,46,47)/b34-20-,36-28-,38-27?. The van der Waals surface area contributed by atoms with E-state index in [2.05, 4.69) is 0 Å². The molecule has 286 valence electrons. The normalized spacial score (nSPS) is 15.2. The van der Waals surface area contributed by atoms with E-state index in [1.807, 2.05) is 88.4 Å². The van der Waals surface area contributed by atoms with Gasteiger partial charge < -0.3 is 14.4 Å². The number of allylic oxidation sites excluding steroid dienone is 1. The van der Waals surface area contributed by atoms with Crippen molar-refractivity contribution in [1.29, 1.82) is 0 Å². The summed E-state index contributed by atoms with van der Waals surface area (Å²) in [5.74, 6) is -0.732. The molecule has 2 N–H and O–H groups in total. The van der Waals surface area contributed by atoms with Gasteiger partial charge in [0.25, 0.3) is 25.8 Å². The highest BCUT2D eigenvalue weighted by atomic mass is 32.2. The van der Waals surface area contributed by atoms with Crippen LogP contribution in [0.4, 0.5) is 5.69 Å². The summed E-state index contributed by atoms with van der Waals surface area (Å²) in [6.07, 6.45) is 2.13. The predicted octanol–water partition coefficient (Wildman–Crippen LogP) is 6.36. The Bertz CT molecular complexity index is 2640. The number of anilines is 1. The predicted molar refractivity (Wildman–Crippen MR) is 218 cm³/mol. The Morgan fingerprint density at radius 2 is 1.63 bits per heavy atom. The first-order valence-electron chi connectivity index (χ1n) is 17.2. The molecule has 3 aromatic carbocycles. The van der Waals surface area contributed by atoms with Gasteiger partial charge in [0.2, 0.25) is 0 Å². The van der Waals surface area contributed by atoms with E-state index in [1.54, 1.807) is 16.7 Å². The summed E-state index contributed by atoms with van der Waals surface area (Å²) in [7, 11) is -8.92. The highest BCUT2D eigenvalue weighted by molar-refractivity contribution is 8.03. The first kappa shape index (κ1) is 39.9. The van der Waals surface area contributed by atoms with Crippen LogP contribution < -0.4 is 24.4 Å². The molecular formula is C38H40N2O9S5. The highest BCUT2D eigenvalue weighted by Crippen LogP contribution is 2.49. The minimum Gasteiger partial charge on any atom is -0.494 e. The summed E-state index contributed by atoms with van der Waals surface area (Å²) in [6, 6.07) is 20.4. The minimum atomic E-state index is -4.50. The number of aryl methyl sites for hydroxylation is 1. The molecule has 0 radical (unpaired) electrons. The van der Waals surface area contributed by atoms with Gasteiger partial charge in [0, 0.05) is 51.3 Å². The molecule has 0 bridgehead atoms. The molecule has 0 amide bonds. The summed E-state index contributed by atoms with van der Waals surface area (Å²) in [6.45, 7) is 8.98. The molecule has 11 nitrogen and oxygen atoms in total. The molecule has 0 saturated carbocycles. The number of hydrogen-bond acceptors (Lipinski definition) is 11. The van der Waals surface area contributed by atoms with E-state index < -0.39 is 31.9 Å². The molecule has 0 atom stereocenters. The van der Waals surface area contributed by atoms with Crippen molar-refractivity contribution in [2.24, 2.45) is 0 Å². The second-order valence-corrected chi connectivity index (χ2v) is 18.4. The molecule has 16 heteroatoms. The van der Waals surface area contributed by atoms with E-state index in [0.29, 0.717) is 91.0 Å². The zero-order valence-corrected chi connectivity index (χ0v) is 34.1. The lowest BCUT2D eigenvalue weighted by Gasteiger charge is -2.20. The van der Waals surface area contributed by atoms with E-state index >= 15 is 0 Å². The molecule has 0 spiro atoms. The molecule has 0 fully saturated rings. The van der Waals surface area contributed by atoms with Crippen LogP contribution >= 0.6 is 34.4 Å². The average molecular weight is 829 g/mol. The van der Waals surface area contributed by atoms with E-state index in [1.165, 1.54) is 39.3 Å². The number of fused-ring (bicyclic) bond motifs is 2. The van der Waals surface area contributed by atoms with Gasteiger partial charge in [0.15, 0.2) is 5.88 Å². The van der Waals surface area contributed by atoms with Gasteiger partial charge in [0.1, 0.15) is 20.7 Å². The topological polar surface area (TPSA) is 152 Å². The number of benzene rings is 3. The molecular weight excluding hydrogens is 789 g/mol. The molecule has 1 aliphatic rings. The maximum atomic E-state index is 14.6. The Balaban J connectivity index is 1.69. The van der Waals surface area contributed by atoms with Gasteiger partial charge in [-0.15, -0.1) is 22.7 Å². The molecule has 3 heterocycles. The van der Waals surface area contributed by atoms with Crippen molar-refractivity contribution in [3.63, 3.8) is 0 Å². The molecule has 0 saturated heterocycles. The molecule has 5 aromatic rings. The Hall–Kier alpha value is -3.74. The average Bonchev–Trinajstić information content (AvgIpc) is 3.75. The summed E-state index contributed by atoms with van der Waals surface area (Å²) >= 11 is 3.98. The third kappa shape index (κ3) is 8.71. The summed E-state index contributed by atoms with van der Waals surface area (Å²) in [5.41, 5.74) is 3.54. The number of thiophene rings is 1. The van der Waals surface area contributed by atoms with Crippen LogP contribution in [0, 0.1) is 6.92 Å². The van der Waals surface area contributed by atoms with Crippen molar-refractivity contribution in [3.8, 4) is 5.75 Å². The number of nitrogens with zero attached hydrogens (tertiary/aromatic N) is 2. The van der Waals surface area contributed by atoms with Crippen LogP contribution in [0.15, 0.2) is 87.5 Å². The van der Waals surface area contributed by atoms with Crippen LogP contribution in [0.25, 0.3) is 21.2 Å². The maximum Gasteiger partial charge on any atom is 0.283 e. The number of hydrogen-bond donors (Lipinski definition) is 2. The van der Waals surface area contributed by atoms with Gasteiger partial charge >= 0.3 is 0 Å². The first-order valence-corrected chi connectivity index (χ1v) is 22.9. The fraction of sp³-hybridized carbons (Fsp3) is 0.289. The number of thioether (sulfide) groups is 1. The summed E-state index contributed by atoms with van der Waals surface area (Å²) in [5, 5.41) is 1.18. The van der Waals surface area contributed by atoms with Crippen LogP contribution in [-0.2, 0) is 37.3 Å². The van der Waals surface area contributed by atoms with E-state index in [9.17, 15) is 30.7 Å². The number of ether oxygens (including phenoxy) is 2. The van der Waals surface area contributed by atoms with Crippen molar-refractivity contribution in [2.75, 3.05) is 30.6 Å². The SMILES string of the molecule is CCOCCC(c1sc2ccccc2c1CS(=O)(=O)O)=c1s/c(=C(/C=C2\Sc3cc(C)c(OCC)cc3N2CS(=O)(=O)O)c2ccccc2)c(=O)n1CC. The molecule has 0 aliphatic carbocycles. The summed E-state index contributed by atoms with van der Waals surface area (Å²) < 4.78 is 84.8. The molecule has 2 aromatic heterocycles. The molecule has 1 aliphatic heterocycles. The fourth-order valence-electron chi connectivity index (χ4n) is 6.36. The van der Waals surface area contributed by atoms with Crippen molar-refractivity contribution < 1.29 is 35.4 Å². The molecule has 0 unspecified atom stereocenters. The lowest BCUT2D eigenvalue weighted by Crippen LogP contribution is -2.33. The zero-order valence-electron chi connectivity index (χ0n) is 30.1. The van der Waals surface area contributed by atoms with Gasteiger partial charge in [-0.3, -0.25) is 18.5 Å². The third-order valence-electron chi connectivity index (χ3n) is 8.67. The Morgan fingerprint density at radius 1 is 0.907 bits per heavy atom. The highest BCUT2D eigenvalue weighted by Gasteiger charge is 2.31. The number of aromatic nitrogens is 1. The van der Waals surface area contributed by atoms with E-state index in [0.717, 1.165) is 15.2 Å². The van der Waals surface area contributed by atoms with Crippen LogP contribution in [0.3, 0.4) is 0 Å². The number of thiazole rings is 1. The molecule has 54 heavy (non-hydrogen) atoms. The second kappa shape index (κ2) is 16.5. The van der Waals surface area contributed by atoms with Crippen molar-refractivity contribution >= 4 is 81.6 Å². The summed E-state index contributed by atoms with van der Waals surface area (Å²) in [4.78, 5) is 17.5. The van der Waals surface area contributed by atoms with Gasteiger partial charge in [0.05, 0.1) is 23.9 Å². The van der Waals surface area contributed by atoms with Gasteiger partial charge in [-0.25, -0.2) is 0 Å². The Kier molecular flexibility index (Phi) is 12.2. The van der Waals surface area contributed by atoms with Crippen molar-refractivity contribution in [3.05, 3.63) is 119 Å². The zero-order chi connectivity index (χ0) is 38.8. The van der Waals surface area contributed by atoms with E-state index in [4.69, 9.17) is 9.47 Å². The van der Waals surface area contributed by atoms with Crippen LogP contribution in [0.1, 0.15) is 48.8 Å². The lowest BCUT2D eigenvalue weighted by molar-refractivity contribution is 0.154. The Morgan fingerprint density at radius 3 is 2.30 bits per heavy atom. The van der Waals surface area contributed by atoms with E-state index in [-0.39, 0.29) is 5.56 Å².